The SMILES string of the molecule is Cc1cccc(C)c1-c1cc(F)c(F)c([C@H](CC(=O)O)NC(=O)[C@@H]2[C@@H]3I(CN2C(=O)c2cnc4ccccn24)C3(C)C)c1. The molecule has 2 aliphatic rings. The molecule has 4 heterocycles. The zero-order chi connectivity index (χ0) is 30.8. The summed E-state index contributed by atoms with van der Waals surface area (Å²) >= 11 is -1.75. The molecule has 43 heavy (non-hydrogen) atoms. The van der Waals surface area contributed by atoms with Crippen molar-refractivity contribution in [3.05, 3.63) is 94.9 Å². The molecule has 2 saturated heterocycles. The second-order valence-corrected chi connectivity index (χ2v) is 18.6. The molecule has 0 spiro atoms. The number of pyridine rings is 1. The van der Waals surface area contributed by atoms with Gasteiger partial charge >= 0.3 is 255 Å². The van der Waals surface area contributed by atoms with Crippen LogP contribution in [-0.4, -0.2) is 55.1 Å². The molecule has 0 saturated carbocycles. The Balaban J connectivity index is 1.36. The molecule has 11 heteroatoms. The monoisotopic (exact) mass is 700 g/mol. The van der Waals surface area contributed by atoms with E-state index in [9.17, 15) is 19.5 Å². The van der Waals surface area contributed by atoms with Crippen LogP contribution < -0.4 is 5.32 Å². The topological polar surface area (TPSA) is 104 Å². The number of carbonyl (C=O) groups is 3. The van der Waals surface area contributed by atoms with Crippen LogP contribution in [0.25, 0.3) is 16.8 Å². The number of carboxylic acids is 1. The van der Waals surface area contributed by atoms with Gasteiger partial charge in [-0.1, -0.05) is 0 Å². The normalized spacial score (nSPS) is 20.1. The van der Waals surface area contributed by atoms with E-state index >= 15 is 8.78 Å². The van der Waals surface area contributed by atoms with Gasteiger partial charge in [-0.05, 0) is 0 Å². The van der Waals surface area contributed by atoms with Crippen molar-refractivity contribution < 1.29 is 28.3 Å². The molecule has 0 radical (unpaired) electrons. The number of aliphatic carboxylic acids is 1. The summed E-state index contributed by atoms with van der Waals surface area (Å²) in [5.74, 6) is -4.55. The van der Waals surface area contributed by atoms with Gasteiger partial charge in [-0.25, -0.2) is 0 Å². The molecular weight excluding hydrogens is 669 g/mol. The Bertz CT molecular complexity index is 1790. The van der Waals surface area contributed by atoms with Crippen molar-refractivity contribution in [2.45, 2.75) is 53.5 Å². The summed E-state index contributed by atoms with van der Waals surface area (Å²) in [5, 5.41) is 12.5. The van der Waals surface area contributed by atoms with E-state index in [1.165, 1.54) is 12.3 Å². The summed E-state index contributed by atoms with van der Waals surface area (Å²) < 4.78 is 32.5. The minimum atomic E-state index is -1.75. The molecule has 2 N–H and O–H groups in total. The molecule has 3 atom stereocenters. The van der Waals surface area contributed by atoms with Crippen molar-refractivity contribution in [3.8, 4) is 11.1 Å². The second-order valence-electron chi connectivity index (χ2n) is 11.6. The fourth-order valence-electron chi connectivity index (χ4n) is 6.26. The van der Waals surface area contributed by atoms with Crippen LogP contribution in [0.2, 0.25) is 0 Å². The van der Waals surface area contributed by atoms with Crippen LogP contribution in [0.4, 0.5) is 8.78 Å². The Hall–Kier alpha value is -3.87. The van der Waals surface area contributed by atoms with Crippen molar-refractivity contribution >= 4 is 43.3 Å². The van der Waals surface area contributed by atoms with Crippen molar-refractivity contribution in [1.29, 1.82) is 0 Å². The summed E-state index contributed by atoms with van der Waals surface area (Å²) in [4.78, 5) is 45.7. The van der Waals surface area contributed by atoms with E-state index in [1.54, 1.807) is 27.6 Å². The van der Waals surface area contributed by atoms with Gasteiger partial charge in [0.15, 0.2) is 0 Å². The Labute approximate surface area is 254 Å². The maximum absolute atomic E-state index is 15.4. The number of fused-ring (bicyclic) bond motifs is 2. The molecule has 2 fully saturated rings. The van der Waals surface area contributed by atoms with Crippen LogP contribution in [-0.2, 0) is 9.59 Å². The van der Waals surface area contributed by atoms with Gasteiger partial charge in [-0.2, -0.15) is 0 Å². The Kier molecular flexibility index (Phi) is 7.26. The average molecular weight is 701 g/mol. The van der Waals surface area contributed by atoms with Gasteiger partial charge in [0.05, 0.1) is 0 Å². The van der Waals surface area contributed by atoms with Crippen molar-refractivity contribution in [3.63, 3.8) is 0 Å². The summed E-state index contributed by atoms with van der Waals surface area (Å²) in [7, 11) is 0. The van der Waals surface area contributed by atoms with Crippen LogP contribution in [0.1, 0.15) is 53.5 Å². The maximum atomic E-state index is 15.4. The Morgan fingerprint density at radius 3 is 2.53 bits per heavy atom. The van der Waals surface area contributed by atoms with Gasteiger partial charge in [-0.15, -0.1) is 0 Å². The molecule has 0 unspecified atom stereocenters. The molecule has 2 amide bonds. The van der Waals surface area contributed by atoms with E-state index in [0.29, 0.717) is 27.0 Å². The van der Waals surface area contributed by atoms with Crippen LogP contribution >= 0.6 is 19.8 Å². The van der Waals surface area contributed by atoms with Gasteiger partial charge in [-0.3, -0.25) is 0 Å². The number of hydrogen-bond donors (Lipinski definition) is 2. The predicted octanol–water partition coefficient (Wildman–Crippen LogP) is 5.68. The number of nitrogens with one attached hydrogen (secondary N) is 1. The molecular formula is C32H31F2IN4O4. The first-order valence-corrected chi connectivity index (χ1v) is 17.7. The van der Waals surface area contributed by atoms with Gasteiger partial charge in [0.2, 0.25) is 0 Å². The molecule has 2 aliphatic heterocycles. The first-order chi connectivity index (χ1) is 20.4. The molecule has 224 valence electrons. The summed E-state index contributed by atoms with van der Waals surface area (Å²) in [6.07, 6.45) is 2.55. The number of imidazole rings is 1. The third-order valence-electron chi connectivity index (χ3n) is 8.45. The Morgan fingerprint density at radius 2 is 1.84 bits per heavy atom. The summed E-state index contributed by atoms with van der Waals surface area (Å²) in [6, 6.07) is 11.2. The van der Waals surface area contributed by atoms with Gasteiger partial charge in [0.25, 0.3) is 0 Å². The molecule has 8 nitrogen and oxygen atoms in total. The first kappa shape index (κ1) is 29.2. The number of aromatic nitrogens is 2. The molecule has 6 rings (SSSR count). The fourth-order valence-corrected chi connectivity index (χ4v) is 14.9. The zero-order valence-electron chi connectivity index (χ0n) is 24.1. The minimum absolute atomic E-state index is 0.0205. The van der Waals surface area contributed by atoms with E-state index < -0.39 is 61.8 Å². The van der Waals surface area contributed by atoms with Crippen molar-refractivity contribution in [1.82, 2.24) is 19.6 Å². The number of carbonyl (C=O) groups excluding carboxylic acids is 2. The third kappa shape index (κ3) is 4.96. The van der Waals surface area contributed by atoms with E-state index in [1.807, 2.05) is 38.1 Å². The number of hydrogen-bond acceptors (Lipinski definition) is 4. The molecule has 4 aromatic rings. The van der Waals surface area contributed by atoms with Gasteiger partial charge in [0.1, 0.15) is 0 Å². The van der Waals surface area contributed by atoms with E-state index in [0.717, 1.165) is 17.2 Å². The van der Waals surface area contributed by atoms with Gasteiger partial charge < -0.3 is 0 Å². The van der Waals surface area contributed by atoms with Crippen LogP contribution in [0.15, 0.2) is 60.9 Å². The van der Waals surface area contributed by atoms with Crippen molar-refractivity contribution in [2.24, 2.45) is 0 Å². The summed E-state index contributed by atoms with van der Waals surface area (Å²) in [6.45, 7) is 7.90. The zero-order valence-corrected chi connectivity index (χ0v) is 26.2. The number of amides is 2. The number of aryl methyl sites for hydroxylation is 2. The van der Waals surface area contributed by atoms with Crippen LogP contribution in [0.3, 0.4) is 0 Å². The standard InChI is InChI=1S/C32H31F2IN4O4/c1-17-8-7-9-18(2)26(17)19-12-20(27(34)21(33)13-19)22(14-25(40)41)37-30(42)28-29-32(3,4)35(29)16-39(28)31(43)23-15-36-24-10-5-6-11-38(23)24/h5-13,15,22,28-29H,14,16H2,1-4H3,(H,37,42)(H,40,41)/t22-,28-,29-/m0/s1. The molecule has 2 aromatic carbocycles. The summed E-state index contributed by atoms with van der Waals surface area (Å²) in [5.41, 5.74) is 3.44. The van der Waals surface area contributed by atoms with Gasteiger partial charge in [0, 0.05) is 0 Å². The first-order valence-electron chi connectivity index (χ1n) is 13.8. The quantitative estimate of drug-likeness (QED) is 0.147. The number of carboxylic acid groups (broad SMARTS) is 1. The number of halogens is 3. The van der Waals surface area contributed by atoms with E-state index in [4.69, 9.17) is 0 Å². The van der Waals surface area contributed by atoms with E-state index in [2.05, 4.69) is 24.1 Å². The van der Waals surface area contributed by atoms with Crippen molar-refractivity contribution in [2.75, 3.05) is 4.55 Å². The number of rotatable bonds is 7. The van der Waals surface area contributed by atoms with Crippen LogP contribution in [0, 0.1) is 25.5 Å². The van der Waals surface area contributed by atoms with Crippen LogP contribution in [0.5, 0.6) is 0 Å². The number of alkyl halides is 3. The molecule has 0 aliphatic carbocycles. The Morgan fingerprint density at radius 1 is 1.12 bits per heavy atom. The molecule has 0 bridgehead atoms. The predicted molar refractivity (Wildman–Crippen MR) is 166 cm³/mol. The van der Waals surface area contributed by atoms with E-state index in [-0.39, 0.29) is 18.8 Å². The molecule has 2 aromatic heterocycles. The average Bonchev–Trinajstić information content (AvgIpc) is 3.32. The number of nitrogens with zero attached hydrogens (tertiary/aromatic N) is 3. The number of benzene rings is 2. The third-order valence-corrected chi connectivity index (χ3v) is 17.3. The second kappa shape index (κ2) is 10.7. The fraction of sp³-hybridized carbons (Fsp3) is 0.312.